The molecular formula is C13H26N2O2. The minimum atomic E-state index is -0.636. The molecule has 1 aliphatic heterocycles. The Morgan fingerprint density at radius 3 is 2.41 bits per heavy atom. The molecule has 0 atom stereocenters. The lowest BCUT2D eigenvalue weighted by Gasteiger charge is -2.40. The Balaban J connectivity index is 2.87. The van der Waals surface area contributed by atoms with Gasteiger partial charge in [0.15, 0.2) is 0 Å². The lowest BCUT2D eigenvalue weighted by molar-refractivity contribution is -0.153. The van der Waals surface area contributed by atoms with E-state index < -0.39 is 11.5 Å². The van der Waals surface area contributed by atoms with Crippen LogP contribution in [-0.4, -0.2) is 47.7 Å². The van der Waals surface area contributed by atoms with Gasteiger partial charge in [0, 0.05) is 19.6 Å². The zero-order valence-electron chi connectivity index (χ0n) is 11.2. The zero-order valence-corrected chi connectivity index (χ0v) is 11.2. The summed E-state index contributed by atoms with van der Waals surface area (Å²) in [6.45, 7) is 7.81. The van der Waals surface area contributed by atoms with Crippen molar-refractivity contribution in [3.05, 3.63) is 0 Å². The van der Waals surface area contributed by atoms with Gasteiger partial charge in [-0.3, -0.25) is 9.69 Å². The van der Waals surface area contributed by atoms with Gasteiger partial charge in [-0.2, -0.15) is 0 Å². The number of aliphatic carboxylic acids is 1. The normalized spacial score (nSPS) is 18.9. The molecule has 17 heavy (non-hydrogen) atoms. The summed E-state index contributed by atoms with van der Waals surface area (Å²) >= 11 is 0. The number of carbonyl (C=O) groups is 1. The molecule has 100 valence electrons. The number of carboxylic acid groups (broad SMARTS) is 1. The minimum absolute atomic E-state index is 0.629. The molecule has 0 radical (unpaired) electrons. The molecule has 4 heteroatoms. The van der Waals surface area contributed by atoms with Crippen molar-refractivity contribution in [1.29, 1.82) is 0 Å². The predicted octanol–water partition coefficient (Wildman–Crippen LogP) is 1.71. The van der Waals surface area contributed by atoms with Crippen molar-refractivity contribution in [3.8, 4) is 0 Å². The highest BCUT2D eigenvalue weighted by atomic mass is 16.4. The van der Waals surface area contributed by atoms with Gasteiger partial charge in [-0.05, 0) is 25.8 Å². The summed E-state index contributed by atoms with van der Waals surface area (Å²) in [5.74, 6) is -0.636. The topological polar surface area (TPSA) is 52.6 Å². The van der Waals surface area contributed by atoms with Gasteiger partial charge in [-0.1, -0.05) is 26.7 Å². The van der Waals surface area contributed by atoms with E-state index in [0.29, 0.717) is 0 Å². The van der Waals surface area contributed by atoms with Gasteiger partial charge < -0.3 is 10.4 Å². The first-order valence-electron chi connectivity index (χ1n) is 6.86. The molecule has 2 N–H and O–H groups in total. The lowest BCUT2D eigenvalue weighted by atomic mass is 9.86. The van der Waals surface area contributed by atoms with Crippen molar-refractivity contribution in [2.75, 3.05) is 26.2 Å². The van der Waals surface area contributed by atoms with Gasteiger partial charge in [-0.25, -0.2) is 0 Å². The van der Waals surface area contributed by atoms with Crippen molar-refractivity contribution >= 4 is 5.97 Å². The van der Waals surface area contributed by atoms with Crippen molar-refractivity contribution in [2.24, 2.45) is 0 Å². The van der Waals surface area contributed by atoms with E-state index in [1.54, 1.807) is 0 Å². The van der Waals surface area contributed by atoms with Crippen LogP contribution < -0.4 is 5.32 Å². The molecule has 1 saturated heterocycles. The third-order valence-corrected chi connectivity index (χ3v) is 3.67. The summed E-state index contributed by atoms with van der Waals surface area (Å²) in [6, 6.07) is 0. The molecule has 1 rings (SSSR count). The number of nitrogens with one attached hydrogen (secondary N) is 1. The molecule has 0 spiro atoms. The smallest absolute Gasteiger partial charge is 0.324 e. The second kappa shape index (κ2) is 6.97. The van der Waals surface area contributed by atoms with Gasteiger partial charge in [0.2, 0.25) is 0 Å². The maximum atomic E-state index is 11.8. The van der Waals surface area contributed by atoms with Crippen LogP contribution >= 0.6 is 0 Å². The fourth-order valence-electron chi connectivity index (χ4n) is 2.89. The largest absolute Gasteiger partial charge is 0.480 e. The van der Waals surface area contributed by atoms with Crippen molar-refractivity contribution in [2.45, 2.75) is 51.5 Å². The highest BCUT2D eigenvalue weighted by Crippen LogP contribution is 2.28. The second-order valence-electron chi connectivity index (χ2n) is 4.93. The zero-order chi connectivity index (χ0) is 12.7. The van der Waals surface area contributed by atoms with E-state index in [1.165, 1.54) is 0 Å². The van der Waals surface area contributed by atoms with E-state index >= 15 is 0 Å². The Morgan fingerprint density at radius 1 is 1.24 bits per heavy atom. The molecule has 0 bridgehead atoms. The van der Waals surface area contributed by atoms with E-state index in [9.17, 15) is 9.90 Å². The first-order chi connectivity index (χ1) is 8.17. The average molecular weight is 242 g/mol. The SMILES string of the molecule is CCCC(CCC)(C(=O)O)N1CCCNCC1. The molecule has 0 aromatic rings. The minimum Gasteiger partial charge on any atom is -0.480 e. The van der Waals surface area contributed by atoms with Crippen LogP contribution in [0.3, 0.4) is 0 Å². The van der Waals surface area contributed by atoms with Crippen LogP contribution in [0, 0.1) is 0 Å². The molecule has 0 saturated carbocycles. The third kappa shape index (κ3) is 3.42. The monoisotopic (exact) mass is 242 g/mol. The second-order valence-corrected chi connectivity index (χ2v) is 4.93. The molecule has 0 unspecified atom stereocenters. The molecular weight excluding hydrogens is 216 g/mol. The number of hydrogen-bond donors (Lipinski definition) is 2. The lowest BCUT2D eigenvalue weighted by Crippen LogP contribution is -2.55. The Bertz CT molecular complexity index is 230. The average Bonchev–Trinajstić information content (AvgIpc) is 2.57. The van der Waals surface area contributed by atoms with Crippen LogP contribution in [0.15, 0.2) is 0 Å². The Kier molecular flexibility index (Phi) is 5.92. The predicted molar refractivity (Wildman–Crippen MR) is 69.2 cm³/mol. The number of rotatable bonds is 6. The number of nitrogens with zero attached hydrogens (tertiary/aromatic N) is 1. The fourth-order valence-corrected chi connectivity index (χ4v) is 2.89. The van der Waals surface area contributed by atoms with Crippen LogP contribution in [-0.2, 0) is 4.79 Å². The van der Waals surface area contributed by atoms with E-state index in [4.69, 9.17) is 0 Å². The fraction of sp³-hybridized carbons (Fsp3) is 0.923. The highest BCUT2D eigenvalue weighted by Gasteiger charge is 2.42. The summed E-state index contributed by atoms with van der Waals surface area (Å²) in [5, 5.41) is 13.0. The summed E-state index contributed by atoms with van der Waals surface area (Å²) in [4.78, 5) is 13.9. The van der Waals surface area contributed by atoms with Crippen LogP contribution in [0.25, 0.3) is 0 Å². The van der Waals surface area contributed by atoms with E-state index in [2.05, 4.69) is 24.1 Å². The molecule has 0 aliphatic carbocycles. The molecule has 0 amide bonds. The molecule has 0 aromatic heterocycles. The molecule has 1 heterocycles. The summed E-state index contributed by atoms with van der Waals surface area (Å²) in [6.07, 6.45) is 4.42. The Labute approximate surface area is 104 Å². The van der Waals surface area contributed by atoms with Gasteiger partial charge in [-0.15, -0.1) is 0 Å². The van der Waals surface area contributed by atoms with Crippen LogP contribution in [0.1, 0.15) is 46.0 Å². The van der Waals surface area contributed by atoms with E-state index in [0.717, 1.165) is 58.3 Å². The molecule has 1 fully saturated rings. The molecule has 0 aromatic carbocycles. The quantitative estimate of drug-likeness (QED) is 0.744. The summed E-state index contributed by atoms with van der Waals surface area (Å²) < 4.78 is 0. The van der Waals surface area contributed by atoms with Gasteiger partial charge in [0.25, 0.3) is 0 Å². The maximum Gasteiger partial charge on any atom is 0.324 e. The van der Waals surface area contributed by atoms with Crippen LogP contribution in [0.5, 0.6) is 0 Å². The first kappa shape index (κ1) is 14.5. The number of carboxylic acids is 1. The van der Waals surface area contributed by atoms with E-state index in [-0.39, 0.29) is 0 Å². The van der Waals surface area contributed by atoms with Crippen molar-refractivity contribution < 1.29 is 9.90 Å². The molecule has 1 aliphatic rings. The van der Waals surface area contributed by atoms with Crippen molar-refractivity contribution in [3.63, 3.8) is 0 Å². The Morgan fingerprint density at radius 2 is 1.88 bits per heavy atom. The highest BCUT2D eigenvalue weighted by molar-refractivity contribution is 5.78. The summed E-state index contributed by atoms with van der Waals surface area (Å²) in [5.41, 5.74) is -0.629. The molecule has 4 nitrogen and oxygen atoms in total. The van der Waals surface area contributed by atoms with Crippen molar-refractivity contribution in [1.82, 2.24) is 10.2 Å². The standard InChI is InChI=1S/C13H26N2O2/c1-3-6-13(7-4-2,12(16)17)15-10-5-8-14-9-11-15/h14H,3-11H2,1-2H3,(H,16,17). The maximum absolute atomic E-state index is 11.8. The van der Waals surface area contributed by atoms with Gasteiger partial charge >= 0.3 is 5.97 Å². The van der Waals surface area contributed by atoms with Gasteiger partial charge in [0.05, 0.1) is 0 Å². The third-order valence-electron chi connectivity index (χ3n) is 3.67. The first-order valence-corrected chi connectivity index (χ1v) is 6.86. The Hall–Kier alpha value is -0.610. The van der Waals surface area contributed by atoms with Gasteiger partial charge in [0.1, 0.15) is 5.54 Å². The summed E-state index contributed by atoms with van der Waals surface area (Å²) in [7, 11) is 0. The van der Waals surface area contributed by atoms with Crippen LogP contribution in [0.4, 0.5) is 0 Å². The van der Waals surface area contributed by atoms with Crippen LogP contribution in [0.2, 0.25) is 0 Å². The van der Waals surface area contributed by atoms with E-state index in [1.807, 2.05) is 0 Å². The number of hydrogen-bond acceptors (Lipinski definition) is 3.